The van der Waals surface area contributed by atoms with E-state index in [-0.39, 0.29) is 7.25 Å². The standard InChI is InChI=1S/C13H9.2C7H13.C5H5.CH2.2ClH.Zr/c1-3-7-12-10(5-1)9-11-6-2-4-8-13(11)12;2*1-7-5-3-2-4-6-7;1-2-4-5-3-1;;;;/h1-9H;2*7H,1-6H2;1-5H;1H2;2*1H;/q;;;;;;;+2/p-2. The van der Waals surface area contributed by atoms with Gasteiger partial charge in [-0.3, -0.25) is 0 Å². The van der Waals surface area contributed by atoms with Gasteiger partial charge in [0.25, 0.3) is 0 Å². The van der Waals surface area contributed by atoms with E-state index in [0.717, 1.165) is 8.26 Å². The van der Waals surface area contributed by atoms with Crippen molar-refractivity contribution in [2.45, 2.75) is 79.7 Å². The first-order valence-electron chi connectivity index (χ1n) is 14.6. The molecule has 0 aliphatic heterocycles. The third-order valence-corrected chi connectivity index (χ3v) is 42.9. The van der Waals surface area contributed by atoms with Crippen molar-refractivity contribution in [1.29, 1.82) is 0 Å². The van der Waals surface area contributed by atoms with Gasteiger partial charge in [0, 0.05) is 0 Å². The minimum absolute atomic E-state index is 0.0122. The van der Waals surface area contributed by atoms with E-state index < -0.39 is 12.9 Å². The van der Waals surface area contributed by atoms with Gasteiger partial charge in [0.1, 0.15) is 0 Å². The number of rotatable bonds is 6. The molecule has 0 unspecified atom stereocenters. The van der Waals surface area contributed by atoms with E-state index in [0.29, 0.717) is 11.8 Å². The van der Waals surface area contributed by atoms with E-state index in [1.54, 1.807) is 0 Å². The summed E-state index contributed by atoms with van der Waals surface area (Å²) in [4.78, 5) is 0. The summed E-state index contributed by atoms with van der Waals surface area (Å²) in [7, 11) is 18.0. The van der Waals surface area contributed by atoms with Crippen molar-refractivity contribution in [2.24, 2.45) is 11.8 Å². The summed E-state index contributed by atoms with van der Waals surface area (Å²) in [5.74, 6) is 1.11. The van der Waals surface area contributed by atoms with Crippen molar-refractivity contribution in [1.82, 2.24) is 0 Å². The summed E-state index contributed by atoms with van der Waals surface area (Å²) < 4.78 is 7.33. The quantitative estimate of drug-likeness (QED) is 0.309. The molecule has 0 spiro atoms. The number of hydrogen-bond donors (Lipinski definition) is 0. The Kier molecular flexibility index (Phi) is 5.77. The Morgan fingerprint density at radius 2 is 1.06 bits per heavy atom. The van der Waals surface area contributed by atoms with E-state index in [4.69, 9.17) is 21.2 Å². The first kappa shape index (κ1) is 25.5. The topological polar surface area (TPSA) is 0 Å². The molecule has 0 radical (unpaired) electrons. The summed E-state index contributed by atoms with van der Waals surface area (Å²) >= 11 is -6.12. The fraction of sp³-hybridized carbons (Fsp3) is 0.485. The van der Waals surface area contributed by atoms with Gasteiger partial charge < -0.3 is 0 Å². The van der Waals surface area contributed by atoms with Gasteiger partial charge >= 0.3 is 221 Å². The fourth-order valence-corrected chi connectivity index (χ4v) is 45.1. The van der Waals surface area contributed by atoms with Crippen LogP contribution in [0.4, 0.5) is 0 Å². The minimum atomic E-state index is -6.12. The van der Waals surface area contributed by atoms with Crippen LogP contribution in [0.5, 0.6) is 0 Å². The van der Waals surface area contributed by atoms with Gasteiger partial charge in [0.05, 0.1) is 0 Å². The third-order valence-electron chi connectivity index (χ3n) is 11.1. The molecule has 0 amide bonds. The predicted molar refractivity (Wildman–Crippen MR) is 157 cm³/mol. The zero-order valence-corrected chi connectivity index (χ0v) is 25.7. The molecule has 0 saturated heterocycles. The van der Waals surface area contributed by atoms with Crippen LogP contribution in [0.1, 0.15) is 79.0 Å². The van der Waals surface area contributed by atoms with Gasteiger partial charge in [-0.1, -0.05) is 0 Å². The zero-order chi connectivity index (χ0) is 25.0. The molecular formula is C33H42Cl2Zr. The van der Waals surface area contributed by atoms with E-state index in [2.05, 4.69) is 72.8 Å². The Bertz CT molecular complexity index is 1270. The van der Waals surface area contributed by atoms with Crippen molar-refractivity contribution in [2.75, 3.05) is 0 Å². The molecule has 0 N–H and O–H groups in total. The Labute approximate surface area is 219 Å². The molecule has 192 valence electrons. The Morgan fingerprint density at radius 3 is 1.50 bits per heavy atom. The molecule has 36 heavy (non-hydrogen) atoms. The number of allylic oxidation sites excluding steroid dienone is 4. The molecule has 2 saturated carbocycles. The zero-order valence-electron chi connectivity index (χ0n) is 21.7. The summed E-state index contributed by atoms with van der Waals surface area (Å²) in [5, 5.41) is 0. The second-order valence-corrected chi connectivity index (χ2v) is 53.8. The first-order chi connectivity index (χ1) is 17.2. The molecule has 6 rings (SSSR count). The first-order valence-corrected chi connectivity index (χ1v) is 29.0. The molecule has 0 atom stereocenters. The van der Waals surface area contributed by atoms with Gasteiger partial charge in [-0.25, -0.2) is 0 Å². The molecular weight excluding hydrogens is 558 g/mol. The molecule has 0 nitrogen and oxygen atoms in total. The van der Waals surface area contributed by atoms with Crippen LogP contribution in [-0.4, -0.2) is 4.21 Å². The van der Waals surface area contributed by atoms with E-state index in [1.807, 2.05) is 0 Å². The SMILES string of the molecule is [CH2]=[Zr]([Cl])([Cl])([CH2]C1CCCCC1)([CH2]C1CCCCC1)([CH]1C=CC=C1)[CH]1c2ccccc2-c2ccccc21. The number of benzene rings is 2. The summed E-state index contributed by atoms with van der Waals surface area (Å²) in [5.41, 5.74) is 5.30. The molecule has 3 heteroatoms. The average molecular weight is 601 g/mol. The molecule has 4 aliphatic carbocycles. The number of fused-ring (bicyclic) bond motifs is 3. The van der Waals surface area contributed by atoms with Crippen LogP contribution in [0.2, 0.25) is 11.9 Å². The van der Waals surface area contributed by atoms with Gasteiger partial charge in [-0.15, -0.1) is 0 Å². The third kappa shape index (κ3) is 3.73. The molecule has 0 aromatic heterocycles. The maximum absolute atomic E-state index is 8.99. The van der Waals surface area contributed by atoms with Crippen LogP contribution in [0, 0.1) is 11.8 Å². The molecule has 2 aromatic rings. The van der Waals surface area contributed by atoms with E-state index >= 15 is 0 Å². The Balaban J connectivity index is 1.69. The normalized spacial score (nSPS) is 24.6. The number of hydrogen-bond acceptors (Lipinski definition) is 0. The maximum atomic E-state index is 8.99. The monoisotopic (exact) mass is 598 g/mol. The van der Waals surface area contributed by atoms with Gasteiger partial charge in [0.2, 0.25) is 0 Å². The second-order valence-electron chi connectivity index (χ2n) is 13.8. The second kappa shape index (κ2) is 8.13. The number of halogens is 2. The van der Waals surface area contributed by atoms with Crippen LogP contribution in [0.15, 0.2) is 72.8 Å². The molecule has 0 heterocycles. The van der Waals surface area contributed by atoms with Crippen LogP contribution >= 0.6 is 17.0 Å². The van der Waals surface area contributed by atoms with Crippen molar-refractivity contribution in [3.05, 3.63) is 84.0 Å². The summed E-state index contributed by atoms with van der Waals surface area (Å²) in [6.07, 6.45) is 21.9. The molecule has 4 aliphatic rings. The van der Waals surface area contributed by atoms with E-state index in [1.165, 1.54) is 86.5 Å². The van der Waals surface area contributed by atoms with Crippen molar-refractivity contribution < 1.29 is 12.9 Å². The van der Waals surface area contributed by atoms with Gasteiger partial charge in [-0.05, 0) is 0 Å². The predicted octanol–water partition coefficient (Wildman–Crippen LogP) is 11.2. The summed E-state index contributed by atoms with van der Waals surface area (Å²) in [6, 6.07) is 17.9. The molecule has 2 fully saturated rings. The fourth-order valence-electron chi connectivity index (χ4n) is 9.81. The Hall–Kier alpha value is -0.747. The van der Waals surface area contributed by atoms with Crippen LogP contribution in [-0.2, 0) is 12.9 Å². The van der Waals surface area contributed by atoms with Crippen LogP contribution in [0.3, 0.4) is 0 Å². The Morgan fingerprint density at radius 1 is 0.639 bits per heavy atom. The average Bonchev–Trinajstić information content (AvgIpc) is 3.54. The van der Waals surface area contributed by atoms with Crippen LogP contribution in [0.25, 0.3) is 11.1 Å². The van der Waals surface area contributed by atoms with Gasteiger partial charge in [0.15, 0.2) is 0 Å². The van der Waals surface area contributed by atoms with E-state index in [9.17, 15) is 0 Å². The molecule has 2 aromatic carbocycles. The van der Waals surface area contributed by atoms with Crippen molar-refractivity contribution in [3.63, 3.8) is 0 Å². The van der Waals surface area contributed by atoms with Crippen molar-refractivity contribution >= 4 is 21.2 Å². The van der Waals surface area contributed by atoms with Crippen LogP contribution < -0.4 is 0 Å². The molecule has 0 bridgehead atoms. The summed E-state index contributed by atoms with van der Waals surface area (Å²) in [6.45, 7) is 0. The van der Waals surface area contributed by atoms with Gasteiger partial charge in [-0.2, -0.15) is 0 Å². The van der Waals surface area contributed by atoms with Crippen molar-refractivity contribution in [3.8, 4) is 11.1 Å².